The Morgan fingerprint density at radius 3 is 2.40 bits per heavy atom. The normalized spacial score (nSPS) is 19.1. The Labute approximate surface area is 65.8 Å². The van der Waals surface area contributed by atoms with E-state index in [2.05, 4.69) is 0 Å². The van der Waals surface area contributed by atoms with Gasteiger partial charge in [0.25, 0.3) is 0 Å². The molecule has 0 aliphatic rings. The summed E-state index contributed by atoms with van der Waals surface area (Å²) in [5.41, 5.74) is -0.901. The lowest BCUT2D eigenvalue weighted by molar-refractivity contribution is 0.195. The monoisotopic (exact) mass is 163 g/mol. The first-order valence-corrected chi connectivity index (χ1v) is 3.71. The molecule has 1 nitrogen and oxygen atoms in total. The zero-order valence-corrected chi connectivity index (χ0v) is 6.95. The molecule has 0 heterocycles. The van der Waals surface area contributed by atoms with Crippen LogP contribution in [0.1, 0.15) is 20.3 Å². The molecule has 0 aromatic carbocycles. The van der Waals surface area contributed by atoms with Crippen molar-refractivity contribution in [2.75, 3.05) is 5.88 Å². The summed E-state index contributed by atoms with van der Waals surface area (Å²) in [7, 11) is 0. The number of rotatable bonds is 3. The zero-order chi connectivity index (χ0) is 8.20. The Hall–Kier alpha value is -0.290. The van der Waals surface area contributed by atoms with E-state index in [0.29, 0.717) is 12.3 Å². The van der Waals surface area contributed by atoms with Gasteiger partial charge in [0, 0.05) is 5.88 Å². The second kappa shape index (κ2) is 3.78. The van der Waals surface area contributed by atoms with Gasteiger partial charge in [-0.1, -0.05) is 0 Å². The molecule has 0 saturated carbocycles. The van der Waals surface area contributed by atoms with Gasteiger partial charge in [-0.15, -0.1) is 11.6 Å². The fraction of sp³-hybridized carbons (Fsp3) is 0.857. The molecule has 0 radical (unpaired) electrons. The van der Waals surface area contributed by atoms with Gasteiger partial charge in [0.2, 0.25) is 0 Å². The van der Waals surface area contributed by atoms with E-state index in [0.717, 1.165) is 0 Å². The average Bonchev–Trinajstić information content (AvgIpc) is 1.88. The minimum Gasteiger partial charge on any atom is -0.246 e. The molecule has 0 bridgehead atoms. The summed E-state index contributed by atoms with van der Waals surface area (Å²) in [6, 6.07) is 1.92. The van der Waals surface area contributed by atoms with Crippen LogP contribution >= 0.6 is 11.6 Å². The Morgan fingerprint density at radius 2 is 2.30 bits per heavy atom. The Morgan fingerprint density at radius 1 is 1.80 bits per heavy atom. The molecule has 2 atom stereocenters. The second-order valence-electron chi connectivity index (χ2n) is 2.58. The van der Waals surface area contributed by atoms with E-state index in [4.69, 9.17) is 16.9 Å². The van der Waals surface area contributed by atoms with Crippen molar-refractivity contribution >= 4 is 11.6 Å². The molecule has 0 aromatic rings. The quantitative estimate of drug-likeness (QED) is 0.587. The first kappa shape index (κ1) is 9.71. The minimum atomic E-state index is -1.11. The van der Waals surface area contributed by atoms with Crippen LogP contribution in [0, 0.1) is 16.7 Å². The number of hydrogen-bond acceptors (Lipinski definition) is 1. The number of nitrogens with zero attached hydrogens (tertiary/aromatic N) is 1. The van der Waals surface area contributed by atoms with Crippen LogP contribution in [0.5, 0.6) is 0 Å². The summed E-state index contributed by atoms with van der Waals surface area (Å²) < 4.78 is 12.7. The van der Waals surface area contributed by atoms with Gasteiger partial charge >= 0.3 is 0 Å². The smallest absolute Gasteiger partial charge is 0.116 e. The van der Waals surface area contributed by atoms with E-state index < -0.39 is 11.6 Å². The highest BCUT2D eigenvalue weighted by molar-refractivity contribution is 6.17. The lowest BCUT2D eigenvalue weighted by Gasteiger charge is -2.21. The lowest BCUT2D eigenvalue weighted by Crippen LogP contribution is -2.25. The van der Waals surface area contributed by atoms with Crippen LogP contribution in [0.25, 0.3) is 0 Å². The van der Waals surface area contributed by atoms with Gasteiger partial charge in [-0.3, -0.25) is 0 Å². The van der Waals surface area contributed by atoms with Crippen molar-refractivity contribution in [3.8, 4) is 6.07 Å². The third kappa shape index (κ3) is 2.15. The van der Waals surface area contributed by atoms with E-state index in [1.807, 2.05) is 6.07 Å². The van der Waals surface area contributed by atoms with Crippen LogP contribution in [0.3, 0.4) is 0 Å². The molecule has 0 fully saturated rings. The number of hydrogen-bond donors (Lipinski definition) is 0. The van der Waals surface area contributed by atoms with Gasteiger partial charge in [-0.2, -0.15) is 5.26 Å². The van der Waals surface area contributed by atoms with Crippen LogP contribution in [-0.4, -0.2) is 12.1 Å². The van der Waals surface area contributed by atoms with Crippen LogP contribution in [0.15, 0.2) is 0 Å². The standard InChI is InChI=1S/C7H11ClFN/c1-6(9)7(2,5-10)3-4-8/h6H,3-4H2,1-2H3/t6-,7?/m0/s1. The maximum Gasteiger partial charge on any atom is 0.116 e. The molecule has 0 spiro atoms. The fourth-order valence-electron chi connectivity index (χ4n) is 0.540. The molecule has 0 N–H and O–H groups in total. The first-order chi connectivity index (χ1) is 4.56. The largest absolute Gasteiger partial charge is 0.246 e. The maximum atomic E-state index is 12.7. The predicted octanol–water partition coefficient (Wildman–Crippen LogP) is 2.50. The lowest BCUT2D eigenvalue weighted by atomic mass is 9.85. The number of halogens is 2. The van der Waals surface area contributed by atoms with E-state index in [1.54, 1.807) is 6.92 Å². The van der Waals surface area contributed by atoms with Crippen LogP contribution in [0.2, 0.25) is 0 Å². The summed E-state index contributed by atoms with van der Waals surface area (Å²) in [4.78, 5) is 0. The fourth-order valence-corrected chi connectivity index (χ4v) is 0.933. The van der Waals surface area contributed by atoms with Crippen molar-refractivity contribution in [3.05, 3.63) is 0 Å². The van der Waals surface area contributed by atoms with Crippen molar-refractivity contribution < 1.29 is 4.39 Å². The summed E-state index contributed by atoms with van der Waals surface area (Å²) >= 11 is 5.39. The average molecular weight is 164 g/mol. The molecule has 0 rings (SSSR count). The molecule has 0 amide bonds. The molecule has 3 heteroatoms. The van der Waals surface area contributed by atoms with Crippen LogP contribution in [-0.2, 0) is 0 Å². The third-order valence-electron chi connectivity index (χ3n) is 1.75. The summed E-state index contributed by atoms with van der Waals surface area (Å²) in [5, 5.41) is 8.54. The van der Waals surface area contributed by atoms with Gasteiger partial charge in [-0.25, -0.2) is 4.39 Å². The summed E-state index contributed by atoms with van der Waals surface area (Å²) in [6.07, 6.45) is -0.709. The summed E-state index contributed by atoms with van der Waals surface area (Å²) in [5.74, 6) is 0.332. The van der Waals surface area contributed by atoms with Crippen LogP contribution < -0.4 is 0 Å². The first-order valence-electron chi connectivity index (χ1n) is 3.18. The van der Waals surface area contributed by atoms with Gasteiger partial charge in [0.1, 0.15) is 6.17 Å². The van der Waals surface area contributed by atoms with E-state index >= 15 is 0 Å². The molecule has 0 aliphatic heterocycles. The predicted molar refractivity (Wildman–Crippen MR) is 39.6 cm³/mol. The van der Waals surface area contributed by atoms with Crippen molar-refractivity contribution in [2.24, 2.45) is 5.41 Å². The highest BCUT2D eigenvalue weighted by Crippen LogP contribution is 2.27. The molecule has 1 unspecified atom stereocenters. The third-order valence-corrected chi connectivity index (χ3v) is 1.94. The zero-order valence-electron chi connectivity index (χ0n) is 6.19. The van der Waals surface area contributed by atoms with E-state index in [9.17, 15) is 4.39 Å². The Balaban J connectivity index is 4.12. The Kier molecular flexibility index (Phi) is 3.67. The van der Waals surface area contributed by atoms with Crippen molar-refractivity contribution in [1.82, 2.24) is 0 Å². The van der Waals surface area contributed by atoms with Crippen molar-refractivity contribution in [2.45, 2.75) is 26.4 Å². The highest BCUT2D eigenvalue weighted by Gasteiger charge is 2.30. The molecule has 0 aromatic heterocycles. The number of nitriles is 1. The van der Waals surface area contributed by atoms with Crippen LogP contribution in [0.4, 0.5) is 4.39 Å². The summed E-state index contributed by atoms with van der Waals surface area (Å²) in [6.45, 7) is 2.97. The van der Waals surface area contributed by atoms with Gasteiger partial charge in [0.05, 0.1) is 11.5 Å². The Bertz CT molecular complexity index is 141. The van der Waals surface area contributed by atoms with E-state index in [-0.39, 0.29) is 0 Å². The van der Waals surface area contributed by atoms with E-state index in [1.165, 1.54) is 6.92 Å². The molecule has 0 saturated heterocycles. The van der Waals surface area contributed by atoms with Gasteiger partial charge in [0.15, 0.2) is 0 Å². The molecular formula is C7H11ClFN. The number of alkyl halides is 2. The molecule has 10 heavy (non-hydrogen) atoms. The molecular weight excluding hydrogens is 153 g/mol. The van der Waals surface area contributed by atoms with Crippen molar-refractivity contribution in [3.63, 3.8) is 0 Å². The highest BCUT2D eigenvalue weighted by atomic mass is 35.5. The SMILES string of the molecule is C[C@H](F)C(C)(C#N)CCCl. The topological polar surface area (TPSA) is 23.8 Å². The second-order valence-corrected chi connectivity index (χ2v) is 2.96. The molecule has 58 valence electrons. The van der Waals surface area contributed by atoms with Gasteiger partial charge < -0.3 is 0 Å². The van der Waals surface area contributed by atoms with Crippen molar-refractivity contribution in [1.29, 1.82) is 5.26 Å². The maximum absolute atomic E-state index is 12.7. The molecule has 0 aliphatic carbocycles. The van der Waals surface area contributed by atoms with Gasteiger partial charge in [-0.05, 0) is 20.3 Å². The minimum absolute atomic E-state index is 0.332.